The Labute approximate surface area is 174 Å². The highest BCUT2D eigenvalue weighted by atomic mass is 32.2. The fourth-order valence-electron chi connectivity index (χ4n) is 2.81. The van der Waals surface area contributed by atoms with Crippen LogP contribution < -0.4 is 9.47 Å². The van der Waals surface area contributed by atoms with Crippen LogP contribution in [0.15, 0.2) is 47.6 Å². The van der Waals surface area contributed by atoms with Crippen LogP contribution in [0.3, 0.4) is 0 Å². The number of thioether (sulfide) groups is 1. The second-order valence-corrected chi connectivity index (χ2v) is 7.64. The number of carbonyl (C=O) groups excluding carboxylic acids is 1. The van der Waals surface area contributed by atoms with Crippen LogP contribution >= 0.6 is 11.8 Å². The van der Waals surface area contributed by atoms with Gasteiger partial charge in [-0.05, 0) is 44.2 Å². The molecule has 152 valence electrons. The molecule has 8 heteroatoms. The van der Waals surface area contributed by atoms with Crippen LogP contribution in [0.2, 0.25) is 0 Å². The van der Waals surface area contributed by atoms with Gasteiger partial charge in [-0.2, -0.15) is 0 Å². The molecule has 2 aromatic carbocycles. The first-order valence-electron chi connectivity index (χ1n) is 8.97. The van der Waals surface area contributed by atoms with Gasteiger partial charge in [0.05, 0.1) is 21.3 Å². The lowest BCUT2D eigenvalue weighted by Gasteiger charge is -2.14. The van der Waals surface area contributed by atoms with Crippen LogP contribution in [0.25, 0.3) is 17.1 Å². The van der Waals surface area contributed by atoms with Gasteiger partial charge in [0.25, 0.3) is 0 Å². The van der Waals surface area contributed by atoms with Crippen molar-refractivity contribution in [3.8, 4) is 28.6 Å². The molecule has 0 bridgehead atoms. The lowest BCUT2D eigenvalue weighted by molar-refractivity contribution is -0.139. The number of methoxy groups -OCH3 is 3. The summed E-state index contributed by atoms with van der Waals surface area (Å²) >= 11 is 1.29. The standard InChI is InChI=1S/C21H23N3O4S/c1-13-6-9-16(10-7-13)24-19(15-8-11-17(26-3)18(12-15)27-4)22-23-21(24)29-14(2)20(25)28-5/h6-12,14H,1-5H3/t14-/m1/s1. The Hall–Kier alpha value is -3.00. The molecule has 0 saturated heterocycles. The highest BCUT2D eigenvalue weighted by molar-refractivity contribution is 8.00. The number of benzene rings is 2. The lowest BCUT2D eigenvalue weighted by Crippen LogP contribution is -2.15. The number of aromatic nitrogens is 3. The number of hydrogen-bond donors (Lipinski definition) is 0. The number of nitrogens with zero attached hydrogens (tertiary/aromatic N) is 3. The molecular formula is C21H23N3O4S. The van der Waals surface area contributed by atoms with Crippen molar-refractivity contribution in [3.05, 3.63) is 48.0 Å². The Kier molecular flexibility index (Phi) is 6.43. The maximum absolute atomic E-state index is 11.9. The van der Waals surface area contributed by atoms with Gasteiger partial charge in [-0.25, -0.2) is 0 Å². The highest BCUT2D eigenvalue weighted by Crippen LogP contribution is 2.35. The van der Waals surface area contributed by atoms with Crippen molar-refractivity contribution in [2.24, 2.45) is 0 Å². The van der Waals surface area contributed by atoms with Crippen molar-refractivity contribution in [1.82, 2.24) is 14.8 Å². The second kappa shape index (κ2) is 9.00. The van der Waals surface area contributed by atoms with Gasteiger partial charge in [0, 0.05) is 11.3 Å². The normalized spacial score (nSPS) is 11.8. The molecule has 0 N–H and O–H groups in total. The predicted molar refractivity (Wildman–Crippen MR) is 112 cm³/mol. The van der Waals surface area contributed by atoms with E-state index in [1.54, 1.807) is 21.1 Å². The lowest BCUT2D eigenvalue weighted by atomic mass is 10.1. The summed E-state index contributed by atoms with van der Waals surface area (Å²) in [5.41, 5.74) is 2.85. The summed E-state index contributed by atoms with van der Waals surface area (Å²) in [5.74, 6) is 1.54. The average molecular weight is 413 g/mol. The monoisotopic (exact) mass is 413 g/mol. The molecule has 0 aliphatic rings. The molecule has 1 aromatic heterocycles. The Morgan fingerprint density at radius 2 is 1.69 bits per heavy atom. The van der Waals surface area contributed by atoms with Crippen molar-refractivity contribution < 1.29 is 19.0 Å². The van der Waals surface area contributed by atoms with Gasteiger partial charge in [0.2, 0.25) is 0 Å². The molecule has 1 atom stereocenters. The number of hydrogen-bond acceptors (Lipinski definition) is 7. The first-order chi connectivity index (χ1) is 14.0. The molecule has 0 aliphatic heterocycles. The molecule has 7 nitrogen and oxygen atoms in total. The summed E-state index contributed by atoms with van der Waals surface area (Å²) < 4.78 is 17.5. The van der Waals surface area contributed by atoms with Crippen LogP contribution in [0.1, 0.15) is 12.5 Å². The minimum atomic E-state index is -0.424. The van der Waals surface area contributed by atoms with E-state index in [0.717, 1.165) is 16.8 Å². The first-order valence-corrected chi connectivity index (χ1v) is 9.85. The molecule has 3 aromatic rings. The van der Waals surface area contributed by atoms with Crippen LogP contribution in [-0.2, 0) is 9.53 Å². The van der Waals surface area contributed by atoms with Gasteiger partial charge in [-0.15, -0.1) is 10.2 Å². The number of ether oxygens (including phenoxy) is 3. The van der Waals surface area contributed by atoms with Crippen LogP contribution in [-0.4, -0.2) is 47.3 Å². The fourth-order valence-corrected chi connectivity index (χ4v) is 3.70. The summed E-state index contributed by atoms with van der Waals surface area (Å²) in [7, 11) is 4.56. The highest BCUT2D eigenvalue weighted by Gasteiger charge is 2.22. The second-order valence-electron chi connectivity index (χ2n) is 6.33. The molecule has 29 heavy (non-hydrogen) atoms. The Bertz CT molecular complexity index is 1000. The Balaban J connectivity index is 2.12. The van der Waals surface area contributed by atoms with Gasteiger partial charge in [-0.3, -0.25) is 9.36 Å². The molecule has 0 radical (unpaired) electrons. The van der Waals surface area contributed by atoms with Gasteiger partial charge < -0.3 is 14.2 Å². The van der Waals surface area contributed by atoms with E-state index in [0.29, 0.717) is 22.5 Å². The van der Waals surface area contributed by atoms with Crippen LogP contribution in [0.4, 0.5) is 0 Å². The zero-order valence-corrected chi connectivity index (χ0v) is 17.8. The van der Waals surface area contributed by atoms with Gasteiger partial charge in [0.1, 0.15) is 5.25 Å². The van der Waals surface area contributed by atoms with Crippen molar-refractivity contribution in [3.63, 3.8) is 0 Å². The summed E-state index contributed by atoms with van der Waals surface area (Å²) in [5, 5.41) is 8.91. The number of rotatable bonds is 7. The molecule has 0 aliphatic carbocycles. The molecule has 0 unspecified atom stereocenters. The van der Waals surface area contributed by atoms with Crippen LogP contribution in [0.5, 0.6) is 11.5 Å². The third kappa shape index (κ3) is 4.37. The van der Waals surface area contributed by atoms with Gasteiger partial charge >= 0.3 is 5.97 Å². The van der Waals surface area contributed by atoms with E-state index in [1.807, 2.05) is 54.0 Å². The van der Waals surface area contributed by atoms with E-state index < -0.39 is 5.25 Å². The largest absolute Gasteiger partial charge is 0.493 e. The third-order valence-electron chi connectivity index (χ3n) is 4.38. The third-order valence-corrected chi connectivity index (χ3v) is 5.40. The SMILES string of the molecule is COC(=O)[C@@H](C)Sc1nnc(-c2ccc(OC)c(OC)c2)n1-c1ccc(C)cc1. The van der Waals surface area contributed by atoms with E-state index in [-0.39, 0.29) is 5.97 Å². The number of esters is 1. The predicted octanol–water partition coefficient (Wildman–Crippen LogP) is 3.91. The maximum Gasteiger partial charge on any atom is 0.318 e. The summed E-state index contributed by atoms with van der Waals surface area (Å²) in [6, 6.07) is 13.6. The fraction of sp³-hybridized carbons (Fsp3) is 0.286. The van der Waals surface area contributed by atoms with E-state index >= 15 is 0 Å². The molecule has 0 amide bonds. The van der Waals surface area contributed by atoms with Crippen LogP contribution in [0, 0.1) is 6.92 Å². The minimum absolute atomic E-state index is 0.318. The summed E-state index contributed by atoms with van der Waals surface area (Å²) in [6.07, 6.45) is 0. The average Bonchev–Trinajstić information content (AvgIpc) is 3.16. The molecule has 3 rings (SSSR count). The Morgan fingerprint density at radius 3 is 2.31 bits per heavy atom. The smallest absolute Gasteiger partial charge is 0.318 e. The van der Waals surface area contributed by atoms with Crippen molar-refractivity contribution in [1.29, 1.82) is 0 Å². The first kappa shape index (κ1) is 20.7. The van der Waals surface area contributed by atoms with Crippen molar-refractivity contribution in [2.45, 2.75) is 24.3 Å². The van der Waals surface area contributed by atoms with E-state index in [9.17, 15) is 4.79 Å². The maximum atomic E-state index is 11.9. The van der Waals surface area contributed by atoms with Crippen molar-refractivity contribution >= 4 is 17.7 Å². The molecular weight excluding hydrogens is 390 g/mol. The number of carbonyl (C=O) groups is 1. The number of aryl methyl sites for hydroxylation is 1. The van der Waals surface area contributed by atoms with E-state index in [2.05, 4.69) is 10.2 Å². The van der Waals surface area contributed by atoms with E-state index in [4.69, 9.17) is 14.2 Å². The van der Waals surface area contributed by atoms with Gasteiger partial charge in [0.15, 0.2) is 22.5 Å². The zero-order valence-electron chi connectivity index (χ0n) is 17.0. The van der Waals surface area contributed by atoms with Gasteiger partial charge in [-0.1, -0.05) is 29.5 Å². The molecule has 0 saturated carbocycles. The quantitative estimate of drug-likeness (QED) is 0.429. The zero-order chi connectivity index (χ0) is 21.0. The van der Waals surface area contributed by atoms with Crippen molar-refractivity contribution in [2.75, 3.05) is 21.3 Å². The molecule has 1 heterocycles. The topological polar surface area (TPSA) is 75.5 Å². The minimum Gasteiger partial charge on any atom is -0.493 e. The molecule has 0 fully saturated rings. The van der Waals surface area contributed by atoms with E-state index in [1.165, 1.54) is 18.9 Å². The Morgan fingerprint density at radius 1 is 1.00 bits per heavy atom. The molecule has 0 spiro atoms. The summed E-state index contributed by atoms with van der Waals surface area (Å²) in [4.78, 5) is 11.9. The summed E-state index contributed by atoms with van der Waals surface area (Å²) in [6.45, 7) is 3.81.